The zero-order chi connectivity index (χ0) is 19.0. The van der Waals surface area contributed by atoms with E-state index in [2.05, 4.69) is 10.2 Å². The number of aryl methyl sites for hydroxylation is 2. The third kappa shape index (κ3) is 3.62. The molecule has 140 valence electrons. The molecule has 27 heavy (non-hydrogen) atoms. The Hall–Kier alpha value is -2.61. The largest absolute Gasteiger partial charge is 0.422 e. The summed E-state index contributed by atoms with van der Waals surface area (Å²) in [6, 6.07) is 5.49. The molecule has 1 aliphatic heterocycles. The highest BCUT2D eigenvalue weighted by atomic mass is 32.2. The summed E-state index contributed by atoms with van der Waals surface area (Å²) in [4.78, 5) is 25.4. The number of amides is 1. The molecule has 0 spiro atoms. The number of thioether (sulfide) groups is 1. The Morgan fingerprint density at radius 2 is 2.04 bits per heavy atom. The summed E-state index contributed by atoms with van der Waals surface area (Å²) in [6.45, 7) is 5.01. The number of carbonyl (C=O) groups excluding carboxylic acids is 1. The molecule has 1 fully saturated rings. The van der Waals surface area contributed by atoms with E-state index in [1.165, 1.54) is 17.8 Å². The van der Waals surface area contributed by atoms with E-state index >= 15 is 0 Å². The Kier molecular flexibility index (Phi) is 4.73. The maximum atomic E-state index is 11.9. The number of rotatable bonds is 5. The van der Waals surface area contributed by atoms with Crippen LogP contribution in [0.15, 0.2) is 37.1 Å². The highest BCUT2D eigenvalue weighted by Crippen LogP contribution is 2.28. The van der Waals surface area contributed by atoms with Gasteiger partial charge in [0, 0.05) is 30.2 Å². The highest BCUT2D eigenvalue weighted by molar-refractivity contribution is 7.98. The first-order chi connectivity index (χ1) is 13.0. The van der Waals surface area contributed by atoms with Gasteiger partial charge in [0.25, 0.3) is 5.22 Å². The quantitative estimate of drug-likeness (QED) is 0.492. The lowest BCUT2D eigenvalue weighted by Crippen LogP contribution is -2.23. The zero-order valence-corrected chi connectivity index (χ0v) is 16.0. The predicted molar refractivity (Wildman–Crippen MR) is 100 cm³/mol. The molecule has 7 nitrogen and oxygen atoms in total. The van der Waals surface area contributed by atoms with Crippen molar-refractivity contribution < 1.29 is 13.6 Å². The molecule has 0 N–H and O–H groups in total. The molecule has 2 aromatic heterocycles. The minimum Gasteiger partial charge on any atom is -0.422 e. The molecule has 0 saturated carbocycles. The molecule has 4 rings (SSSR count). The number of likely N-dealkylation sites (tertiary alicyclic amines) is 1. The highest BCUT2D eigenvalue weighted by Gasteiger charge is 2.22. The van der Waals surface area contributed by atoms with Crippen LogP contribution in [0.25, 0.3) is 11.0 Å². The van der Waals surface area contributed by atoms with E-state index in [4.69, 9.17) is 8.83 Å². The average molecular weight is 385 g/mol. The van der Waals surface area contributed by atoms with Crippen LogP contribution in [-0.2, 0) is 17.1 Å². The lowest BCUT2D eigenvalue weighted by atomic mass is 10.0. The lowest BCUT2D eigenvalue weighted by Gasteiger charge is -2.11. The molecule has 1 saturated heterocycles. The van der Waals surface area contributed by atoms with Crippen LogP contribution < -0.4 is 5.63 Å². The van der Waals surface area contributed by atoms with Gasteiger partial charge in [0.2, 0.25) is 11.8 Å². The smallest absolute Gasteiger partial charge is 0.336 e. The number of hydrogen-bond acceptors (Lipinski definition) is 7. The van der Waals surface area contributed by atoms with Crippen molar-refractivity contribution in [2.75, 3.05) is 6.54 Å². The second-order valence-corrected chi connectivity index (χ2v) is 7.57. The Morgan fingerprint density at radius 1 is 1.19 bits per heavy atom. The molecule has 0 aliphatic carbocycles. The third-order valence-electron chi connectivity index (χ3n) is 4.81. The van der Waals surface area contributed by atoms with Crippen molar-refractivity contribution in [3.63, 3.8) is 0 Å². The third-order valence-corrected chi connectivity index (χ3v) is 5.68. The second-order valence-electron chi connectivity index (χ2n) is 6.64. The minimum absolute atomic E-state index is 0.121. The van der Waals surface area contributed by atoms with Gasteiger partial charge < -0.3 is 13.7 Å². The number of aromatic nitrogens is 2. The van der Waals surface area contributed by atoms with Crippen LogP contribution in [0.5, 0.6) is 0 Å². The molecule has 1 aliphatic rings. The fourth-order valence-corrected chi connectivity index (χ4v) is 3.95. The first-order valence-electron chi connectivity index (χ1n) is 8.77. The molecule has 3 heterocycles. The Balaban J connectivity index is 1.52. The monoisotopic (exact) mass is 385 g/mol. The first-order valence-corrected chi connectivity index (χ1v) is 9.76. The van der Waals surface area contributed by atoms with Gasteiger partial charge in [-0.3, -0.25) is 4.79 Å². The van der Waals surface area contributed by atoms with Crippen LogP contribution in [0, 0.1) is 13.8 Å². The topological polar surface area (TPSA) is 89.4 Å². The molecule has 1 aromatic carbocycles. The normalized spacial score (nSPS) is 14.4. The molecule has 8 heteroatoms. The van der Waals surface area contributed by atoms with Crippen LogP contribution >= 0.6 is 11.8 Å². The SMILES string of the molecule is Cc1ccc2c(CSc3nnc(CN4CCCC4=O)o3)cc(=O)oc2c1C. The first kappa shape index (κ1) is 17.8. The van der Waals surface area contributed by atoms with Gasteiger partial charge in [-0.25, -0.2) is 4.79 Å². The van der Waals surface area contributed by atoms with E-state index in [0.29, 0.717) is 35.4 Å². The van der Waals surface area contributed by atoms with E-state index in [9.17, 15) is 9.59 Å². The van der Waals surface area contributed by atoms with E-state index in [0.717, 1.165) is 35.0 Å². The van der Waals surface area contributed by atoms with E-state index < -0.39 is 0 Å². The van der Waals surface area contributed by atoms with E-state index in [-0.39, 0.29) is 11.5 Å². The van der Waals surface area contributed by atoms with Crippen LogP contribution in [0.1, 0.15) is 35.4 Å². The molecule has 1 amide bonds. The van der Waals surface area contributed by atoms with Crippen LogP contribution in [-0.4, -0.2) is 27.5 Å². The van der Waals surface area contributed by atoms with Gasteiger partial charge in [-0.05, 0) is 37.0 Å². The van der Waals surface area contributed by atoms with Gasteiger partial charge in [-0.1, -0.05) is 23.9 Å². The minimum atomic E-state index is -0.370. The number of benzene rings is 1. The van der Waals surface area contributed by atoms with Gasteiger partial charge in [0.1, 0.15) is 5.58 Å². The Bertz CT molecular complexity index is 1070. The zero-order valence-electron chi connectivity index (χ0n) is 15.2. The number of hydrogen-bond donors (Lipinski definition) is 0. The van der Waals surface area contributed by atoms with Crippen molar-refractivity contribution in [3.05, 3.63) is 51.2 Å². The number of carbonyl (C=O) groups is 1. The fourth-order valence-electron chi connectivity index (χ4n) is 3.18. The molecular formula is C19H19N3O4S. The van der Waals surface area contributed by atoms with Crippen molar-refractivity contribution >= 4 is 28.6 Å². The molecule has 0 radical (unpaired) electrons. The van der Waals surface area contributed by atoms with Crippen LogP contribution in [0.4, 0.5) is 0 Å². The Morgan fingerprint density at radius 3 is 2.81 bits per heavy atom. The lowest BCUT2D eigenvalue weighted by molar-refractivity contribution is -0.128. The van der Waals surface area contributed by atoms with Crippen molar-refractivity contribution in [1.29, 1.82) is 0 Å². The van der Waals surface area contributed by atoms with E-state index in [1.807, 2.05) is 26.0 Å². The summed E-state index contributed by atoms with van der Waals surface area (Å²) in [5, 5.41) is 9.39. The molecule has 0 bridgehead atoms. The van der Waals surface area contributed by atoms with Gasteiger partial charge in [-0.15, -0.1) is 10.2 Å². The number of fused-ring (bicyclic) bond motifs is 1. The summed E-state index contributed by atoms with van der Waals surface area (Å²) in [5.41, 5.74) is 3.16. The molecular weight excluding hydrogens is 366 g/mol. The van der Waals surface area contributed by atoms with E-state index in [1.54, 1.807) is 4.90 Å². The summed E-state index contributed by atoms with van der Waals surface area (Å²) in [7, 11) is 0. The van der Waals surface area contributed by atoms with Crippen molar-refractivity contribution in [1.82, 2.24) is 15.1 Å². The molecule has 3 aromatic rings. The number of nitrogens with zero attached hydrogens (tertiary/aromatic N) is 3. The predicted octanol–water partition coefficient (Wildman–Crippen LogP) is 3.21. The average Bonchev–Trinajstić information content (AvgIpc) is 3.26. The van der Waals surface area contributed by atoms with Crippen LogP contribution in [0.3, 0.4) is 0 Å². The maximum absolute atomic E-state index is 11.9. The van der Waals surface area contributed by atoms with Gasteiger partial charge in [0.15, 0.2) is 0 Å². The van der Waals surface area contributed by atoms with Crippen molar-refractivity contribution in [3.8, 4) is 0 Å². The van der Waals surface area contributed by atoms with Gasteiger partial charge in [0.05, 0.1) is 6.54 Å². The molecule has 0 unspecified atom stereocenters. The summed E-state index contributed by atoms with van der Waals surface area (Å²) < 4.78 is 11.0. The standard InChI is InChI=1S/C19H19N3O4S/c1-11-5-6-14-13(8-17(24)26-18(14)12(11)2)10-27-19-21-20-15(25-19)9-22-7-3-4-16(22)23/h5-6,8H,3-4,7,9-10H2,1-2H3. The Labute approximate surface area is 159 Å². The summed E-state index contributed by atoms with van der Waals surface area (Å²) in [6.07, 6.45) is 1.45. The molecule has 0 atom stereocenters. The summed E-state index contributed by atoms with van der Waals surface area (Å²) in [5.74, 6) is 1.06. The summed E-state index contributed by atoms with van der Waals surface area (Å²) >= 11 is 1.36. The van der Waals surface area contributed by atoms with Crippen LogP contribution in [0.2, 0.25) is 0 Å². The van der Waals surface area contributed by atoms with Crippen molar-refractivity contribution in [2.24, 2.45) is 0 Å². The second kappa shape index (κ2) is 7.19. The van der Waals surface area contributed by atoms with Gasteiger partial charge in [-0.2, -0.15) is 0 Å². The fraction of sp³-hybridized carbons (Fsp3) is 0.368. The maximum Gasteiger partial charge on any atom is 0.336 e. The van der Waals surface area contributed by atoms with Crippen molar-refractivity contribution in [2.45, 2.75) is 44.2 Å². The van der Waals surface area contributed by atoms with Gasteiger partial charge >= 0.3 is 5.63 Å².